The Bertz CT molecular complexity index is 335. The van der Waals surface area contributed by atoms with Crippen molar-refractivity contribution in [1.82, 2.24) is 10.3 Å². The maximum absolute atomic E-state index is 11.4. The Morgan fingerprint density at radius 3 is 2.81 bits per heavy atom. The molecule has 0 spiro atoms. The van der Waals surface area contributed by atoms with Gasteiger partial charge in [-0.2, -0.15) is 0 Å². The largest absolute Gasteiger partial charge is 0.466 e. The molecule has 0 saturated carbocycles. The summed E-state index contributed by atoms with van der Waals surface area (Å²) in [5.41, 5.74) is 1.97. The highest BCUT2D eigenvalue weighted by molar-refractivity contribution is 5.70. The molecule has 0 saturated heterocycles. The Morgan fingerprint density at radius 1 is 1.56 bits per heavy atom. The maximum Gasteiger partial charge on any atom is 0.307 e. The van der Waals surface area contributed by atoms with Crippen LogP contribution < -0.4 is 5.32 Å². The van der Waals surface area contributed by atoms with Gasteiger partial charge in [0, 0.05) is 17.9 Å². The van der Waals surface area contributed by atoms with Gasteiger partial charge < -0.3 is 10.1 Å². The van der Waals surface area contributed by atoms with Gasteiger partial charge in [-0.3, -0.25) is 9.78 Å². The van der Waals surface area contributed by atoms with Crippen LogP contribution in [0.3, 0.4) is 0 Å². The number of esters is 1. The third kappa shape index (κ3) is 3.62. The van der Waals surface area contributed by atoms with E-state index in [9.17, 15) is 4.79 Å². The number of rotatable bonds is 5. The van der Waals surface area contributed by atoms with E-state index in [1.54, 1.807) is 13.1 Å². The number of pyridine rings is 1. The fourth-order valence-corrected chi connectivity index (χ4v) is 1.46. The molecule has 0 fully saturated rings. The standard InChI is InChI=1S/C12H18N2O2/c1-4-16-12(15)7-11(13-3)10-6-5-9(2)14-8-10/h5-6,8,11,13H,4,7H2,1-3H3. The zero-order valence-corrected chi connectivity index (χ0v) is 9.99. The highest BCUT2D eigenvalue weighted by atomic mass is 16.5. The van der Waals surface area contributed by atoms with E-state index < -0.39 is 0 Å². The van der Waals surface area contributed by atoms with Gasteiger partial charge in [0.15, 0.2) is 0 Å². The SMILES string of the molecule is CCOC(=O)CC(NC)c1ccc(C)nc1. The molecule has 1 atom stereocenters. The molecule has 1 aromatic heterocycles. The van der Waals surface area contributed by atoms with Crippen molar-refractivity contribution in [1.29, 1.82) is 0 Å². The van der Waals surface area contributed by atoms with Crippen molar-refractivity contribution in [3.05, 3.63) is 29.6 Å². The van der Waals surface area contributed by atoms with Crippen molar-refractivity contribution in [2.75, 3.05) is 13.7 Å². The van der Waals surface area contributed by atoms with Gasteiger partial charge in [-0.25, -0.2) is 0 Å². The van der Waals surface area contributed by atoms with E-state index in [1.165, 1.54) is 0 Å². The summed E-state index contributed by atoms with van der Waals surface area (Å²) in [6.45, 7) is 4.16. The fraction of sp³-hybridized carbons (Fsp3) is 0.500. The quantitative estimate of drug-likeness (QED) is 0.769. The Labute approximate surface area is 96.0 Å². The van der Waals surface area contributed by atoms with Crippen LogP contribution in [0.5, 0.6) is 0 Å². The number of ether oxygens (including phenoxy) is 1. The molecule has 1 unspecified atom stereocenters. The number of hydrogen-bond donors (Lipinski definition) is 1. The average Bonchev–Trinajstić information content (AvgIpc) is 2.27. The molecule has 0 aromatic carbocycles. The van der Waals surface area contributed by atoms with Gasteiger partial charge in [0.05, 0.1) is 13.0 Å². The number of aromatic nitrogens is 1. The summed E-state index contributed by atoms with van der Waals surface area (Å²) in [7, 11) is 1.82. The van der Waals surface area contributed by atoms with Crippen LogP contribution in [0.4, 0.5) is 0 Å². The van der Waals surface area contributed by atoms with E-state index in [0.717, 1.165) is 11.3 Å². The minimum absolute atomic E-state index is 0.0350. The number of aryl methyl sites for hydroxylation is 1. The zero-order valence-electron chi connectivity index (χ0n) is 9.99. The second-order valence-corrected chi connectivity index (χ2v) is 3.58. The monoisotopic (exact) mass is 222 g/mol. The number of carbonyl (C=O) groups is 1. The summed E-state index contributed by atoms with van der Waals surface area (Å²) in [6.07, 6.45) is 2.12. The lowest BCUT2D eigenvalue weighted by Gasteiger charge is -2.15. The number of carbonyl (C=O) groups excluding carboxylic acids is 1. The molecule has 1 heterocycles. The Morgan fingerprint density at radius 2 is 2.31 bits per heavy atom. The first-order valence-electron chi connectivity index (χ1n) is 5.42. The third-order valence-corrected chi connectivity index (χ3v) is 2.36. The average molecular weight is 222 g/mol. The van der Waals surface area contributed by atoms with Crippen LogP contribution in [0.1, 0.15) is 30.6 Å². The van der Waals surface area contributed by atoms with Crippen molar-refractivity contribution in [3.63, 3.8) is 0 Å². The molecule has 0 bridgehead atoms. The smallest absolute Gasteiger partial charge is 0.307 e. The van der Waals surface area contributed by atoms with Crippen LogP contribution in [-0.4, -0.2) is 24.6 Å². The highest BCUT2D eigenvalue weighted by Gasteiger charge is 2.14. The lowest BCUT2D eigenvalue weighted by molar-refractivity contribution is -0.143. The minimum Gasteiger partial charge on any atom is -0.466 e. The summed E-state index contributed by atoms with van der Waals surface area (Å²) in [6, 6.07) is 3.88. The van der Waals surface area contributed by atoms with Crippen LogP contribution >= 0.6 is 0 Å². The molecule has 4 nitrogen and oxygen atoms in total. The second-order valence-electron chi connectivity index (χ2n) is 3.58. The van der Waals surface area contributed by atoms with Gasteiger partial charge in [-0.15, -0.1) is 0 Å². The number of nitrogens with zero attached hydrogens (tertiary/aromatic N) is 1. The van der Waals surface area contributed by atoms with E-state index in [4.69, 9.17) is 4.74 Å². The molecule has 0 radical (unpaired) electrons. The Hall–Kier alpha value is -1.42. The van der Waals surface area contributed by atoms with Crippen LogP contribution in [0.2, 0.25) is 0 Å². The maximum atomic E-state index is 11.4. The highest BCUT2D eigenvalue weighted by Crippen LogP contribution is 2.16. The van der Waals surface area contributed by atoms with Gasteiger partial charge in [-0.05, 0) is 32.5 Å². The van der Waals surface area contributed by atoms with Gasteiger partial charge in [0.2, 0.25) is 0 Å². The molecule has 0 amide bonds. The van der Waals surface area contributed by atoms with Crippen molar-refractivity contribution >= 4 is 5.97 Å². The predicted octanol–water partition coefficient (Wildman–Crippen LogP) is 1.60. The normalized spacial score (nSPS) is 12.2. The second kappa shape index (κ2) is 6.23. The first kappa shape index (κ1) is 12.6. The molecule has 88 valence electrons. The molecule has 1 N–H and O–H groups in total. The number of hydrogen-bond acceptors (Lipinski definition) is 4. The van der Waals surface area contributed by atoms with Gasteiger partial charge >= 0.3 is 5.97 Å². The van der Waals surface area contributed by atoms with Gasteiger partial charge in [0.1, 0.15) is 0 Å². The van der Waals surface area contributed by atoms with E-state index in [0.29, 0.717) is 13.0 Å². The van der Waals surface area contributed by atoms with Crippen molar-refractivity contribution in [3.8, 4) is 0 Å². The topological polar surface area (TPSA) is 51.2 Å². The summed E-state index contributed by atoms with van der Waals surface area (Å²) in [5.74, 6) is -0.192. The zero-order chi connectivity index (χ0) is 12.0. The predicted molar refractivity (Wildman–Crippen MR) is 62.0 cm³/mol. The van der Waals surface area contributed by atoms with Crippen molar-refractivity contribution < 1.29 is 9.53 Å². The number of nitrogens with one attached hydrogen (secondary N) is 1. The van der Waals surface area contributed by atoms with E-state index in [-0.39, 0.29) is 12.0 Å². The van der Waals surface area contributed by atoms with Crippen molar-refractivity contribution in [2.45, 2.75) is 26.3 Å². The van der Waals surface area contributed by atoms with Crippen LogP contribution in [0.25, 0.3) is 0 Å². The summed E-state index contributed by atoms with van der Waals surface area (Å²) >= 11 is 0. The molecule has 16 heavy (non-hydrogen) atoms. The molecule has 4 heteroatoms. The van der Waals surface area contributed by atoms with Crippen LogP contribution in [0, 0.1) is 6.92 Å². The molecular weight excluding hydrogens is 204 g/mol. The molecule has 0 aliphatic rings. The van der Waals surface area contributed by atoms with Crippen LogP contribution in [-0.2, 0) is 9.53 Å². The lowest BCUT2D eigenvalue weighted by Crippen LogP contribution is -2.21. The first-order chi connectivity index (χ1) is 7.67. The van der Waals surface area contributed by atoms with E-state index in [2.05, 4.69) is 10.3 Å². The summed E-state index contributed by atoms with van der Waals surface area (Å²) in [4.78, 5) is 15.6. The summed E-state index contributed by atoms with van der Waals surface area (Å²) in [5, 5.41) is 3.09. The fourth-order valence-electron chi connectivity index (χ4n) is 1.46. The minimum atomic E-state index is -0.192. The van der Waals surface area contributed by atoms with Gasteiger partial charge in [0.25, 0.3) is 0 Å². The van der Waals surface area contributed by atoms with Crippen molar-refractivity contribution in [2.24, 2.45) is 0 Å². The molecule has 1 aromatic rings. The third-order valence-electron chi connectivity index (χ3n) is 2.36. The Balaban J connectivity index is 2.67. The molecule has 0 aliphatic heterocycles. The molecule has 0 aliphatic carbocycles. The van der Waals surface area contributed by atoms with E-state index >= 15 is 0 Å². The first-order valence-corrected chi connectivity index (χ1v) is 5.42. The molecular formula is C12H18N2O2. The lowest BCUT2D eigenvalue weighted by atomic mass is 10.1. The van der Waals surface area contributed by atoms with Gasteiger partial charge in [-0.1, -0.05) is 6.07 Å². The molecule has 1 rings (SSSR count). The van der Waals surface area contributed by atoms with E-state index in [1.807, 2.05) is 26.1 Å². The Kier molecular flexibility index (Phi) is 4.92. The summed E-state index contributed by atoms with van der Waals surface area (Å²) < 4.78 is 4.92. The van der Waals surface area contributed by atoms with Crippen LogP contribution in [0.15, 0.2) is 18.3 Å².